The molecule has 0 bridgehead atoms. The van der Waals surface area contributed by atoms with Gasteiger partial charge >= 0.3 is 0 Å². The normalized spacial score (nSPS) is 10.3. The van der Waals surface area contributed by atoms with Gasteiger partial charge in [0.15, 0.2) is 0 Å². The quantitative estimate of drug-likeness (QED) is 0.807. The highest BCUT2D eigenvalue weighted by atomic mass is 127. The molecule has 4 heteroatoms. The van der Waals surface area contributed by atoms with Crippen molar-refractivity contribution in [2.75, 3.05) is 7.11 Å². The second kappa shape index (κ2) is 7.40. The van der Waals surface area contributed by atoms with Crippen molar-refractivity contribution in [2.24, 2.45) is 0 Å². The molecule has 0 aliphatic rings. The topological polar surface area (TPSA) is 38.3 Å². The number of amides is 1. The monoisotopic (exact) mass is 381 g/mol. The number of hydrogen-bond donors (Lipinski definition) is 1. The van der Waals surface area contributed by atoms with Crippen LogP contribution < -0.4 is 5.32 Å². The molecule has 0 unspecified atom stereocenters. The van der Waals surface area contributed by atoms with E-state index in [4.69, 9.17) is 4.74 Å². The molecule has 0 aromatic heterocycles. The Morgan fingerprint density at radius 3 is 2.65 bits per heavy atom. The summed E-state index contributed by atoms with van der Waals surface area (Å²) in [4.78, 5) is 12.1. The van der Waals surface area contributed by atoms with E-state index in [1.54, 1.807) is 7.11 Å². The zero-order chi connectivity index (χ0) is 14.4. The lowest BCUT2D eigenvalue weighted by molar-refractivity contribution is 0.0950. The van der Waals surface area contributed by atoms with Gasteiger partial charge in [-0.25, -0.2) is 0 Å². The van der Waals surface area contributed by atoms with Crippen LogP contribution in [0.4, 0.5) is 0 Å². The van der Waals surface area contributed by atoms with Crippen molar-refractivity contribution >= 4 is 28.5 Å². The molecule has 1 N–H and O–H groups in total. The minimum absolute atomic E-state index is 0.0489. The number of halogens is 1. The van der Waals surface area contributed by atoms with E-state index in [9.17, 15) is 4.79 Å². The van der Waals surface area contributed by atoms with Crippen LogP contribution in [0.2, 0.25) is 0 Å². The summed E-state index contributed by atoms with van der Waals surface area (Å²) < 4.78 is 6.06. The number of benzene rings is 2. The van der Waals surface area contributed by atoms with Crippen LogP contribution in [0.1, 0.15) is 21.5 Å². The predicted octanol–water partition coefficient (Wildman–Crippen LogP) is 3.37. The van der Waals surface area contributed by atoms with Crippen LogP contribution in [-0.4, -0.2) is 13.0 Å². The number of carbonyl (C=O) groups is 1. The molecule has 2 rings (SSSR count). The van der Waals surface area contributed by atoms with Crippen molar-refractivity contribution in [3.05, 3.63) is 68.8 Å². The first-order valence-corrected chi connectivity index (χ1v) is 7.38. The fourth-order valence-corrected chi connectivity index (χ4v) is 2.55. The molecule has 0 saturated heterocycles. The molecule has 0 atom stereocenters. The third kappa shape index (κ3) is 4.05. The lowest BCUT2D eigenvalue weighted by Gasteiger charge is -2.08. The van der Waals surface area contributed by atoms with Crippen LogP contribution in [-0.2, 0) is 17.9 Å². The van der Waals surface area contributed by atoms with Crippen molar-refractivity contribution in [1.82, 2.24) is 5.32 Å². The Hall–Kier alpha value is -1.40. The number of carbonyl (C=O) groups excluding carboxylic acids is 1. The standard InChI is InChI=1S/C16H16INO2/c1-20-11-13-6-4-5-12(9-13)10-18-16(19)14-7-2-3-8-15(14)17/h2-9H,10-11H2,1H3,(H,18,19). The highest BCUT2D eigenvalue weighted by Crippen LogP contribution is 2.12. The second-order valence-electron chi connectivity index (χ2n) is 4.42. The maximum absolute atomic E-state index is 12.1. The van der Waals surface area contributed by atoms with Gasteiger partial charge in [0.2, 0.25) is 0 Å². The Kier molecular flexibility index (Phi) is 5.55. The molecule has 2 aromatic carbocycles. The van der Waals surface area contributed by atoms with Gasteiger partial charge in [-0.3, -0.25) is 4.79 Å². The smallest absolute Gasteiger partial charge is 0.252 e. The van der Waals surface area contributed by atoms with E-state index in [1.807, 2.05) is 48.5 Å². The Balaban J connectivity index is 2.00. The highest BCUT2D eigenvalue weighted by molar-refractivity contribution is 14.1. The van der Waals surface area contributed by atoms with Crippen LogP contribution in [0.5, 0.6) is 0 Å². The predicted molar refractivity (Wildman–Crippen MR) is 87.5 cm³/mol. The summed E-state index contributed by atoms with van der Waals surface area (Å²) in [5, 5.41) is 2.94. The summed E-state index contributed by atoms with van der Waals surface area (Å²) in [6, 6.07) is 15.6. The van der Waals surface area contributed by atoms with Gasteiger partial charge < -0.3 is 10.1 Å². The fourth-order valence-electron chi connectivity index (χ4n) is 1.92. The molecule has 1 amide bonds. The first-order chi connectivity index (χ1) is 9.70. The zero-order valence-corrected chi connectivity index (χ0v) is 13.4. The summed E-state index contributed by atoms with van der Waals surface area (Å²) >= 11 is 2.17. The molecule has 0 radical (unpaired) electrons. The van der Waals surface area contributed by atoms with Crippen molar-refractivity contribution in [3.8, 4) is 0 Å². The van der Waals surface area contributed by atoms with Crippen LogP contribution in [0.15, 0.2) is 48.5 Å². The van der Waals surface area contributed by atoms with Crippen LogP contribution in [0.3, 0.4) is 0 Å². The van der Waals surface area contributed by atoms with Gasteiger partial charge in [-0.2, -0.15) is 0 Å². The highest BCUT2D eigenvalue weighted by Gasteiger charge is 2.08. The molecular formula is C16H16INO2. The van der Waals surface area contributed by atoms with E-state index in [1.165, 1.54) is 0 Å². The van der Waals surface area contributed by atoms with Crippen LogP contribution in [0.25, 0.3) is 0 Å². The number of methoxy groups -OCH3 is 1. The maximum Gasteiger partial charge on any atom is 0.252 e. The number of ether oxygens (including phenoxy) is 1. The molecule has 20 heavy (non-hydrogen) atoms. The summed E-state index contributed by atoms with van der Waals surface area (Å²) in [6.45, 7) is 1.10. The minimum atomic E-state index is -0.0489. The van der Waals surface area contributed by atoms with Gasteiger partial charge in [0.05, 0.1) is 12.2 Å². The lowest BCUT2D eigenvalue weighted by Crippen LogP contribution is -2.23. The van der Waals surface area contributed by atoms with E-state index < -0.39 is 0 Å². The van der Waals surface area contributed by atoms with Gasteiger partial charge in [-0.15, -0.1) is 0 Å². The summed E-state index contributed by atoms with van der Waals surface area (Å²) in [7, 11) is 1.67. The van der Waals surface area contributed by atoms with Crippen LogP contribution >= 0.6 is 22.6 Å². The average Bonchev–Trinajstić information content (AvgIpc) is 2.46. The van der Waals surface area contributed by atoms with Crippen molar-refractivity contribution in [2.45, 2.75) is 13.2 Å². The Morgan fingerprint density at radius 2 is 1.90 bits per heavy atom. The molecule has 3 nitrogen and oxygen atoms in total. The van der Waals surface area contributed by atoms with Crippen molar-refractivity contribution < 1.29 is 9.53 Å². The molecule has 0 spiro atoms. The molecular weight excluding hydrogens is 365 g/mol. The molecule has 0 heterocycles. The van der Waals surface area contributed by atoms with Gasteiger partial charge in [-0.1, -0.05) is 36.4 Å². The third-order valence-corrected chi connectivity index (χ3v) is 3.81. The molecule has 0 saturated carbocycles. The minimum Gasteiger partial charge on any atom is -0.380 e. The summed E-state index contributed by atoms with van der Waals surface area (Å²) in [6.07, 6.45) is 0. The third-order valence-electron chi connectivity index (χ3n) is 2.87. The largest absolute Gasteiger partial charge is 0.380 e. The molecule has 0 aliphatic carbocycles. The molecule has 2 aromatic rings. The van der Waals surface area contributed by atoms with Gasteiger partial charge in [-0.05, 0) is 45.9 Å². The van der Waals surface area contributed by atoms with E-state index in [-0.39, 0.29) is 5.91 Å². The van der Waals surface area contributed by atoms with Gasteiger partial charge in [0, 0.05) is 17.2 Å². The Labute approximate surface area is 132 Å². The van der Waals surface area contributed by atoms with E-state index >= 15 is 0 Å². The molecule has 104 valence electrons. The second-order valence-corrected chi connectivity index (χ2v) is 5.58. The van der Waals surface area contributed by atoms with Gasteiger partial charge in [0.25, 0.3) is 5.91 Å². The van der Waals surface area contributed by atoms with Gasteiger partial charge in [0.1, 0.15) is 0 Å². The molecule has 0 aliphatic heterocycles. The average molecular weight is 381 g/mol. The van der Waals surface area contributed by atoms with E-state index in [0.717, 1.165) is 14.7 Å². The number of rotatable bonds is 5. The van der Waals surface area contributed by atoms with E-state index in [0.29, 0.717) is 18.7 Å². The summed E-state index contributed by atoms with van der Waals surface area (Å²) in [5.74, 6) is -0.0489. The summed E-state index contributed by atoms with van der Waals surface area (Å²) in [5.41, 5.74) is 2.88. The Morgan fingerprint density at radius 1 is 1.15 bits per heavy atom. The van der Waals surface area contributed by atoms with Crippen LogP contribution in [0, 0.1) is 3.57 Å². The first kappa shape index (κ1) is 15.0. The lowest BCUT2D eigenvalue weighted by atomic mass is 10.1. The zero-order valence-electron chi connectivity index (χ0n) is 11.2. The first-order valence-electron chi connectivity index (χ1n) is 6.30. The maximum atomic E-state index is 12.1. The Bertz CT molecular complexity index is 599. The SMILES string of the molecule is COCc1cccc(CNC(=O)c2ccccc2I)c1. The molecule has 0 fully saturated rings. The number of nitrogens with one attached hydrogen (secondary N) is 1. The fraction of sp³-hybridized carbons (Fsp3) is 0.188. The van der Waals surface area contributed by atoms with E-state index in [2.05, 4.69) is 27.9 Å². The van der Waals surface area contributed by atoms with Crippen molar-refractivity contribution in [3.63, 3.8) is 0 Å². The van der Waals surface area contributed by atoms with Crippen molar-refractivity contribution in [1.29, 1.82) is 0 Å². The number of hydrogen-bond acceptors (Lipinski definition) is 2.